The first-order valence-corrected chi connectivity index (χ1v) is 11.5. The van der Waals surface area contributed by atoms with Crippen LogP contribution >= 0.6 is 11.8 Å². The number of esters is 1. The van der Waals surface area contributed by atoms with Crippen molar-refractivity contribution in [3.63, 3.8) is 0 Å². The molecule has 0 radical (unpaired) electrons. The summed E-state index contributed by atoms with van der Waals surface area (Å²) >= 11 is 1.33. The highest BCUT2D eigenvalue weighted by atomic mass is 32.2. The highest BCUT2D eigenvalue weighted by molar-refractivity contribution is 7.98. The van der Waals surface area contributed by atoms with Crippen molar-refractivity contribution in [2.45, 2.75) is 5.16 Å². The summed E-state index contributed by atoms with van der Waals surface area (Å²) in [5.41, 5.74) is 2.37. The van der Waals surface area contributed by atoms with Gasteiger partial charge in [0.05, 0.1) is 19.4 Å². The molecule has 2 heterocycles. The molecule has 4 rings (SSSR count). The Morgan fingerprint density at radius 3 is 2.42 bits per heavy atom. The second-order valence-electron chi connectivity index (χ2n) is 7.21. The van der Waals surface area contributed by atoms with Crippen LogP contribution in [0.4, 0.5) is 15.8 Å². The van der Waals surface area contributed by atoms with Crippen molar-refractivity contribution in [1.82, 2.24) is 9.55 Å². The number of morpholine rings is 1. The highest BCUT2D eigenvalue weighted by Gasteiger charge is 2.20. The number of benzene rings is 2. The van der Waals surface area contributed by atoms with Gasteiger partial charge in [-0.15, -0.1) is 0 Å². The van der Waals surface area contributed by atoms with Crippen LogP contribution in [-0.2, 0) is 14.3 Å². The van der Waals surface area contributed by atoms with E-state index in [0.717, 1.165) is 18.8 Å². The molecule has 8 nitrogen and oxygen atoms in total. The molecule has 0 aliphatic carbocycles. The van der Waals surface area contributed by atoms with E-state index in [1.165, 1.54) is 30.1 Å². The zero-order valence-electron chi connectivity index (χ0n) is 18.0. The van der Waals surface area contributed by atoms with Gasteiger partial charge < -0.3 is 19.7 Å². The summed E-state index contributed by atoms with van der Waals surface area (Å²) in [6.45, 7) is 2.60. The fourth-order valence-electron chi connectivity index (χ4n) is 3.44. The number of ether oxygens (including phenoxy) is 2. The number of rotatable bonds is 7. The monoisotopic (exact) mass is 470 g/mol. The molecule has 10 heteroatoms. The third-order valence-corrected chi connectivity index (χ3v) is 5.72. The molecule has 172 valence electrons. The van der Waals surface area contributed by atoms with E-state index in [4.69, 9.17) is 9.47 Å². The van der Waals surface area contributed by atoms with Crippen LogP contribution in [0.5, 0.6) is 0 Å². The van der Waals surface area contributed by atoms with Crippen LogP contribution in [0, 0.1) is 5.82 Å². The molecule has 1 fully saturated rings. The first-order chi connectivity index (χ1) is 16.0. The largest absolute Gasteiger partial charge is 0.451 e. The molecule has 0 saturated carbocycles. The van der Waals surface area contributed by atoms with Crippen molar-refractivity contribution < 1.29 is 23.5 Å². The number of imidazole rings is 1. The number of aromatic nitrogens is 2. The van der Waals surface area contributed by atoms with Gasteiger partial charge in [0, 0.05) is 30.2 Å². The maximum Gasteiger partial charge on any atom is 0.357 e. The van der Waals surface area contributed by atoms with Crippen LogP contribution in [0.25, 0.3) is 5.69 Å². The lowest BCUT2D eigenvalue weighted by Gasteiger charge is -2.28. The molecule has 1 aromatic heterocycles. The molecular weight excluding hydrogens is 447 g/mol. The van der Waals surface area contributed by atoms with Crippen molar-refractivity contribution in [2.24, 2.45) is 0 Å². The van der Waals surface area contributed by atoms with Gasteiger partial charge in [-0.3, -0.25) is 9.36 Å². The van der Waals surface area contributed by atoms with E-state index in [1.807, 2.05) is 18.4 Å². The molecule has 0 spiro atoms. The quantitative estimate of drug-likeness (QED) is 0.419. The first kappa shape index (κ1) is 22.8. The second-order valence-corrected chi connectivity index (χ2v) is 7.99. The van der Waals surface area contributed by atoms with Crippen molar-refractivity contribution in [3.05, 3.63) is 66.2 Å². The number of nitrogens with zero attached hydrogens (tertiary/aromatic N) is 3. The van der Waals surface area contributed by atoms with Gasteiger partial charge in [0.25, 0.3) is 5.91 Å². The molecule has 1 amide bonds. The van der Waals surface area contributed by atoms with Gasteiger partial charge in [0.15, 0.2) is 17.5 Å². The number of halogens is 1. The zero-order chi connectivity index (χ0) is 23.2. The van der Waals surface area contributed by atoms with E-state index < -0.39 is 18.5 Å². The third kappa shape index (κ3) is 5.52. The first-order valence-electron chi connectivity index (χ1n) is 10.3. The summed E-state index contributed by atoms with van der Waals surface area (Å²) in [7, 11) is 0. The standard InChI is InChI=1S/C23H23FN4O4S/c1-33-23-25-14-20(28(23)19-6-2-16(24)3-7-19)22(30)32-15-21(29)26-17-4-8-18(9-5-17)27-10-12-31-13-11-27/h2-9,14H,10-13,15H2,1H3,(H,26,29). The lowest BCUT2D eigenvalue weighted by Crippen LogP contribution is -2.36. The maximum atomic E-state index is 13.3. The summed E-state index contributed by atoms with van der Waals surface area (Å²) in [4.78, 5) is 31.4. The predicted molar refractivity (Wildman–Crippen MR) is 124 cm³/mol. The molecular formula is C23H23FN4O4S. The lowest BCUT2D eigenvalue weighted by molar-refractivity contribution is -0.119. The number of carbonyl (C=O) groups is 2. The number of amides is 1. The third-order valence-electron chi connectivity index (χ3n) is 5.07. The van der Waals surface area contributed by atoms with Crippen molar-refractivity contribution in [2.75, 3.05) is 49.4 Å². The average Bonchev–Trinajstić information content (AvgIpc) is 3.28. The molecule has 1 aliphatic heterocycles. The summed E-state index contributed by atoms with van der Waals surface area (Å²) in [5, 5.41) is 3.26. The average molecular weight is 471 g/mol. The SMILES string of the molecule is CSc1ncc(C(=O)OCC(=O)Nc2ccc(N3CCOCC3)cc2)n1-c1ccc(F)cc1. The van der Waals surface area contributed by atoms with Crippen LogP contribution in [0.15, 0.2) is 59.9 Å². The smallest absolute Gasteiger partial charge is 0.357 e. The summed E-state index contributed by atoms with van der Waals surface area (Å²) in [6.07, 6.45) is 3.19. The minimum absolute atomic E-state index is 0.147. The van der Waals surface area contributed by atoms with E-state index in [1.54, 1.807) is 28.8 Å². The van der Waals surface area contributed by atoms with Crippen LogP contribution in [0.2, 0.25) is 0 Å². The zero-order valence-corrected chi connectivity index (χ0v) is 18.8. The number of carbonyl (C=O) groups excluding carboxylic acids is 2. The lowest BCUT2D eigenvalue weighted by atomic mass is 10.2. The maximum absolute atomic E-state index is 13.3. The Kier molecular flexibility index (Phi) is 7.26. The van der Waals surface area contributed by atoms with Crippen LogP contribution in [0.3, 0.4) is 0 Å². The minimum Gasteiger partial charge on any atom is -0.451 e. The van der Waals surface area contributed by atoms with Gasteiger partial charge in [-0.2, -0.15) is 0 Å². The molecule has 1 saturated heterocycles. The van der Waals surface area contributed by atoms with Crippen molar-refractivity contribution in [1.29, 1.82) is 0 Å². The Morgan fingerprint density at radius 1 is 1.09 bits per heavy atom. The molecule has 1 N–H and O–H groups in total. The second kappa shape index (κ2) is 10.5. The van der Waals surface area contributed by atoms with E-state index >= 15 is 0 Å². The van der Waals surface area contributed by atoms with Crippen LogP contribution in [-0.4, -0.2) is 60.6 Å². The minimum atomic E-state index is -0.704. The normalized spacial score (nSPS) is 13.6. The number of hydrogen-bond donors (Lipinski definition) is 1. The van der Waals surface area contributed by atoms with Gasteiger partial charge in [-0.1, -0.05) is 11.8 Å². The molecule has 33 heavy (non-hydrogen) atoms. The van der Waals surface area contributed by atoms with Crippen LogP contribution < -0.4 is 10.2 Å². The molecule has 1 aliphatic rings. The number of hydrogen-bond acceptors (Lipinski definition) is 7. The number of anilines is 2. The van der Waals surface area contributed by atoms with E-state index in [0.29, 0.717) is 29.7 Å². The van der Waals surface area contributed by atoms with Crippen LogP contribution in [0.1, 0.15) is 10.5 Å². The topological polar surface area (TPSA) is 85.7 Å². The molecule has 3 aromatic rings. The van der Waals surface area contributed by atoms with Gasteiger partial charge in [0.1, 0.15) is 5.82 Å². The van der Waals surface area contributed by atoms with Crippen molar-refractivity contribution in [3.8, 4) is 5.69 Å². The Bertz CT molecular complexity index is 1110. The van der Waals surface area contributed by atoms with Crippen molar-refractivity contribution >= 4 is 35.0 Å². The fraction of sp³-hybridized carbons (Fsp3) is 0.261. The summed E-state index contributed by atoms with van der Waals surface area (Å²) in [5.74, 6) is -1.55. The molecule has 0 bridgehead atoms. The molecule has 0 atom stereocenters. The fourth-order valence-corrected chi connectivity index (χ4v) is 3.99. The van der Waals surface area contributed by atoms with Gasteiger partial charge in [0.2, 0.25) is 0 Å². The molecule has 0 unspecified atom stereocenters. The van der Waals surface area contributed by atoms with Gasteiger partial charge >= 0.3 is 5.97 Å². The van der Waals surface area contributed by atoms with Gasteiger partial charge in [-0.05, 0) is 54.8 Å². The Hall–Kier alpha value is -3.37. The van der Waals surface area contributed by atoms with E-state index in [-0.39, 0.29) is 11.5 Å². The Morgan fingerprint density at radius 2 is 1.76 bits per heavy atom. The molecule has 2 aromatic carbocycles. The summed E-state index contributed by atoms with van der Waals surface area (Å²) < 4.78 is 25.4. The number of nitrogens with one attached hydrogen (secondary N) is 1. The summed E-state index contributed by atoms with van der Waals surface area (Å²) in [6, 6.07) is 13.1. The highest BCUT2D eigenvalue weighted by Crippen LogP contribution is 2.23. The Balaban J connectivity index is 1.36. The van der Waals surface area contributed by atoms with E-state index in [2.05, 4.69) is 15.2 Å². The Labute approximate surface area is 194 Å². The predicted octanol–water partition coefficient (Wildman–Crippen LogP) is 3.37. The van der Waals surface area contributed by atoms with E-state index in [9.17, 15) is 14.0 Å². The number of thioether (sulfide) groups is 1. The van der Waals surface area contributed by atoms with Gasteiger partial charge in [-0.25, -0.2) is 14.2 Å².